The highest BCUT2D eigenvalue weighted by Crippen LogP contribution is 2.31. The molecule has 0 radical (unpaired) electrons. The fourth-order valence-electron chi connectivity index (χ4n) is 3.17. The van der Waals surface area contributed by atoms with Crippen LogP contribution in [0, 0.1) is 17.3 Å². The summed E-state index contributed by atoms with van der Waals surface area (Å²) in [6, 6.07) is 2.60. The minimum absolute atomic E-state index is 0.0255. The Hall–Kier alpha value is -1.88. The molecule has 2 nitrogen and oxygen atoms in total. The maximum Gasteiger partial charge on any atom is 0.118 e. The van der Waals surface area contributed by atoms with Crippen LogP contribution in [0.3, 0.4) is 0 Å². The van der Waals surface area contributed by atoms with Crippen LogP contribution in [-0.4, -0.2) is 11.0 Å². The average Bonchev–Trinajstić information content (AvgIpc) is 3.05. The van der Waals surface area contributed by atoms with Gasteiger partial charge in [-0.05, 0) is 63.8 Å². The Labute approximate surface area is 168 Å². The Morgan fingerprint density at radius 3 is 2.44 bits per heavy atom. The summed E-state index contributed by atoms with van der Waals surface area (Å²) in [4.78, 5) is 5.88. The molecule has 0 fully saturated rings. The summed E-state index contributed by atoms with van der Waals surface area (Å²) in [7, 11) is 0. The van der Waals surface area contributed by atoms with Crippen LogP contribution in [0.5, 0.6) is 0 Å². The molecule has 0 saturated heterocycles. The van der Waals surface area contributed by atoms with Gasteiger partial charge >= 0.3 is 0 Å². The summed E-state index contributed by atoms with van der Waals surface area (Å²) in [6.45, 7) is 21.4. The monoisotopic (exact) mass is 368 g/mol. The van der Waals surface area contributed by atoms with E-state index in [1.807, 2.05) is 6.20 Å². The van der Waals surface area contributed by atoms with E-state index in [0.717, 1.165) is 35.5 Å². The summed E-state index contributed by atoms with van der Waals surface area (Å²) >= 11 is 0. The van der Waals surface area contributed by atoms with E-state index >= 15 is 0 Å². The van der Waals surface area contributed by atoms with Crippen molar-refractivity contribution in [1.29, 1.82) is 0 Å². The molecular formula is C25H40N2. The number of allylic oxidation sites excluding steroid dienone is 1. The van der Waals surface area contributed by atoms with E-state index in [2.05, 4.69) is 82.5 Å². The molecule has 1 aromatic heterocycles. The zero-order valence-electron chi connectivity index (χ0n) is 18.5. The molecule has 1 unspecified atom stereocenters. The summed E-state index contributed by atoms with van der Waals surface area (Å²) < 4.78 is 0. The first-order chi connectivity index (χ1) is 12.8. The highest BCUT2D eigenvalue weighted by molar-refractivity contribution is 5.75. The molecule has 0 bridgehead atoms. The molecule has 0 aliphatic rings. The van der Waals surface area contributed by atoms with Crippen LogP contribution < -0.4 is 4.90 Å². The van der Waals surface area contributed by atoms with Gasteiger partial charge in [-0.1, -0.05) is 65.5 Å². The molecule has 1 aromatic rings. The fourth-order valence-corrected chi connectivity index (χ4v) is 3.17. The molecule has 0 aromatic carbocycles. The van der Waals surface area contributed by atoms with Crippen LogP contribution in [0.1, 0.15) is 97.7 Å². The Balaban J connectivity index is 3.25. The van der Waals surface area contributed by atoms with Crippen molar-refractivity contribution in [2.24, 2.45) is 5.41 Å². The summed E-state index contributed by atoms with van der Waals surface area (Å²) in [5.74, 6) is 7.84. The maximum atomic E-state index is 4.19. The number of aromatic nitrogens is 1. The maximum absolute atomic E-state index is 4.19. The molecule has 1 heterocycles. The molecule has 0 saturated carbocycles. The summed E-state index contributed by atoms with van der Waals surface area (Å²) in [6.07, 6.45) is 10.3. The topological polar surface area (TPSA) is 19.0 Å². The molecule has 0 amide bonds. The molecule has 27 heavy (non-hydrogen) atoms. The fraction of sp³-hybridized carbons (Fsp3) is 0.600. The van der Waals surface area contributed by atoms with Gasteiger partial charge < -0.3 is 9.88 Å². The quantitative estimate of drug-likeness (QED) is 0.316. The third-order valence-electron chi connectivity index (χ3n) is 5.29. The van der Waals surface area contributed by atoms with E-state index in [4.69, 9.17) is 0 Å². The largest absolute Gasteiger partial charge is 0.334 e. The van der Waals surface area contributed by atoms with Crippen LogP contribution in [-0.2, 0) is 0 Å². The molecule has 1 N–H and O–H groups in total. The minimum atomic E-state index is 0.0255. The predicted molar refractivity (Wildman–Crippen MR) is 122 cm³/mol. The number of unbranched alkanes of at least 4 members (excludes halogenated alkanes) is 2. The molecule has 0 aliphatic heterocycles. The van der Waals surface area contributed by atoms with Crippen molar-refractivity contribution in [1.82, 2.24) is 4.98 Å². The smallest absolute Gasteiger partial charge is 0.118 e. The molecule has 1 atom stereocenters. The Morgan fingerprint density at radius 1 is 1.22 bits per heavy atom. The van der Waals surface area contributed by atoms with Crippen LogP contribution >= 0.6 is 0 Å². The SMILES string of the molecule is C=CN(c1[nH]c(C#CC(C)(C)CC)cc1C(=C)C)C(CCC)CCCCC. The zero-order valence-corrected chi connectivity index (χ0v) is 18.5. The second kappa shape index (κ2) is 11.1. The zero-order chi connectivity index (χ0) is 20.4. The molecule has 0 aliphatic carbocycles. The lowest BCUT2D eigenvalue weighted by Gasteiger charge is -2.30. The highest BCUT2D eigenvalue weighted by Gasteiger charge is 2.21. The second-order valence-corrected chi connectivity index (χ2v) is 8.24. The summed E-state index contributed by atoms with van der Waals surface area (Å²) in [5, 5.41) is 0. The van der Waals surface area contributed by atoms with Crippen molar-refractivity contribution in [2.45, 2.75) is 92.5 Å². The van der Waals surface area contributed by atoms with E-state index in [9.17, 15) is 0 Å². The van der Waals surface area contributed by atoms with Gasteiger partial charge in [0, 0.05) is 17.0 Å². The van der Waals surface area contributed by atoms with Gasteiger partial charge in [0.1, 0.15) is 5.82 Å². The van der Waals surface area contributed by atoms with Crippen molar-refractivity contribution in [2.75, 3.05) is 4.90 Å². The lowest BCUT2D eigenvalue weighted by atomic mass is 9.91. The van der Waals surface area contributed by atoms with E-state index in [0.29, 0.717) is 6.04 Å². The lowest BCUT2D eigenvalue weighted by Crippen LogP contribution is -2.31. The number of anilines is 1. The normalized spacial score (nSPS) is 12.2. The highest BCUT2D eigenvalue weighted by atomic mass is 15.2. The third kappa shape index (κ3) is 6.98. The van der Waals surface area contributed by atoms with Gasteiger partial charge in [-0.15, -0.1) is 0 Å². The predicted octanol–water partition coefficient (Wildman–Crippen LogP) is 7.53. The van der Waals surface area contributed by atoms with Gasteiger partial charge in [-0.25, -0.2) is 0 Å². The standard InChI is InChI=1S/C25H40N2/c1-9-13-14-16-22(15-10-2)27(12-4)24-23(20(5)6)19-21(26-24)17-18-25(7,8)11-3/h12,19,22,26H,4-5,9-11,13-16H2,1-3,6-8H3. The molecule has 1 rings (SSSR count). The number of nitrogens with one attached hydrogen (secondary N) is 1. The van der Waals surface area contributed by atoms with Gasteiger partial charge in [-0.2, -0.15) is 0 Å². The van der Waals surface area contributed by atoms with Crippen molar-refractivity contribution in [3.8, 4) is 11.8 Å². The Morgan fingerprint density at radius 2 is 1.93 bits per heavy atom. The summed E-state index contributed by atoms with van der Waals surface area (Å²) in [5.41, 5.74) is 3.18. The van der Waals surface area contributed by atoms with Crippen molar-refractivity contribution in [3.05, 3.63) is 36.7 Å². The molecule has 150 valence electrons. The Bertz CT molecular complexity index is 666. The van der Waals surface area contributed by atoms with E-state index < -0.39 is 0 Å². The van der Waals surface area contributed by atoms with Gasteiger partial charge in [0.15, 0.2) is 0 Å². The first-order valence-electron chi connectivity index (χ1n) is 10.6. The van der Waals surface area contributed by atoms with Crippen LogP contribution in [0.2, 0.25) is 0 Å². The first-order valence-corrected chi connectivity index (χ1v) is 10.6. The van der Waals surface area contributed by atoms with Crippen molar-refractivity contribution >= 4 is 11.4 Å². The van der Waals surface area contributed by atoms with E-state index in [-0.39, 0.29) is 5.41 Å². The second-order valence-electron chi connectivity index (χ2n) is 8.24. The minimum Gasteiger partial charge on any atom is -0.334 e. The van der Waals surface area contributed by atoms with Crippen LogP contribution in [0.4, 0.5) is 5.82 Å². The molecular weight excluding hydrogens is 328 g/mol. The van der Waals surface area contributed by atoms with E-state index in [1.54, 1.807) is 0 Å². The Kier molecular flexibility index (Phi) is 9.50. The van der Waals surface area contributed by atoms with Gasteiger partial charge in [-0.3, -0.25) is 0 Å². The number of rotatable bonds is 11. The molecule has 0 spiro atoms. The third-order valence-corrected chi connectivity index (χ3v) is 5.29. The number of hydrogen-bond donors (Lipinski definition) is 1. The average molecular weight is 369 g/mol. The molecule has 2 heteroatoms. The number of H-pyrrole nitrogens is 1. The van der Waals surface area contributed by atoms with E-state index in [1.165, 1.54) is 32.1 Å². The number of aromatic amines is 1. The van der Waals surface area contributed by atoms with Crippen LogP contribution in [0.25, 0.3) is 5.57 Å². The van der Waals surface area contributed by atoms with Crippen molar-refractivity contribution < 1.29 is 0 Å². The number of hydrogen-bond acceptors (Lipinski definition) is 1. The van der Waals surface area contributed by atoms with Gasteiger partial charge in [0.05, 0.1) is 5.69 Å². The van der Waals surface area contributed by atoms with Gasteiger partial charge in [0.2, 0.25) is 0 Å². The van der Waals surface area contributed by atoms with Crippen molar-refractivity contribution in [3.63, 3.8) is 0 Å². The van der Waals surface area contributed by atoms with Gasteiger partial charge in [0.25, 0.3) is 0 Å². The number of nitrogens with zero attached hydrogens (tertiary/aromatic N) is 1. The first kappa shape index (κ1) is 23.2. The van der Waals surface area contributed by atoms with Crippen LogP contribution in [0.15, 0.2) is 25.4 Å². The lowest BCUT2D eigenvalue weighted by molar-refractivity contribution is 0.484.